The molecule has 0 saturated carbocycles. The van der Waals surface area contributed by atoms with Crippen LogP contribution in [0.4, 0.5) is 11.6 Å². The number of hydrogen-bond acceptors (Lipinski definition) is 7. The van der Waals surface area contributed by atoms with E-state index in [1.807, 2.05) is 31.2 Å². The lowest BCUT2D eigenvalue weighted by molar-refractivity contribution is 0.213. The van der Waals surface area contributed by atoms with Gasteiger partial charge in [0.2, 0.25) is 5.95 Å². The van der Waals surface area contributed by atoms with Crippen LogP contribution < -0.4 is 5.32 Å². The summed E-state index contributed by atoms with van der Waals surface area (Å²) in [4.78, 5) is 21.9. The topological polar surface area (TPSA) is 85.2 Å². The van der Waals surface area contributed by atoms with Crippen molar-refractivity contribution in [2.24, 2.45) is 5.16 Å². The maximum atomic E-state index is 5.99. The molecular formula is C17H15ClN6O. The molecule has 1 aromatic carbocycles. The second-order valence-electron chi connectivity index (χ2n) is 5.06. The van der Waals surface area contributed by atoms with Crippen molar-refractivity contribution in [2.75, 3.05) is 12.4 Å². The summed E-state index contributed by atoms with van der Waals surface area (Å²) >= 11 is 5.99. The predicted molar refractivity (Wildman–Crippen MR) is 97.0 cm³/mol. The summed E-state index contributed by atoms with van der Waals surface area (Å²) in [6.45, 7) is 1.81. The molecule has 0 unspecified atom stereocenters. The highest BCUT2D eigenvalue weighted by Crippen LogP contribution is 2.20. The van der Waals surface area contributed by atoms with Crippen LogP contribution in [0.1, 0.15) is 12.6 Å². The molecule has 0 saturated heterocycles. The molecule has 3 rings (SSSR count). The van der Waals surface area contributed by atoms with Crippen molar-refractivity contribution >= 4 is 28.9 Å². The molecule has 126 valence electrons. The van der Waals surface area contributed by atoms with Gasteiger partial charge in [-0.25, -0.2) is 9.97 Å². The van der Waals surface area contributed by atoms with E-state index in [2.05, 4.69) is 30.4 Å². The fraction of sp³-hybridized carbons (Fsp3) is 0.118. The first-order chi connectivity index (χ1) is 12.2. The third-order valence-corrected chi connectivity index (χ3v) is 3.50. The van der Waals surface area contributed by atoms with Crippen molar-refractivity contribution in [1.29, 1.82) is 0 Å². The van der Waals surface area contributed by atoms with Crippen LogP contribution in [0, 0.1) is 0 Å². The molecule has 0 aliphatic rings. The summed E-state index contributed by atoms with van der Waals surface area (Å²) in [7, 11) is 1.49. The fourth-order valence-corrected chi connectivity index (χ4v) is 2.33. The first kappa shape index (κ1) is 16.8. The second-order valence-corrected chi connectivity index (χ2v) is 5.49. The molecule has 2 heterocycles. The highest BCUT2D eigenvalue weighted by Gasteiger charge is 2.08. The van der Waals surface area contributed by atoms with Gasteiger partial charge in [-0.15, -0.1) is 0 Å². The van der Waals surface area contributed by atoms with E-state index < -0.39 is 0 Å². The zero-order valence-electron chi connectivity index (χ0n) is 13.6. The van der Waals surface area contributed by atoms with Crippen LogP contribution in [0.3, 0.4) is 0 Å². The van der Waals surface area contributed by atoms with E-state index in [9.17, 15) is 0 Å². The van der Waals surface area contributed by atoms with Crippen LogP contribution in [0.2, 0.25) is 5.02 Å². The highest BCUT2D eigenvalue weighted by molar-refractivity contribution is 6.30. The normalized spacial score (nSPS) is 11.2. The monoisotopic (exact) mass is 354 g/mol. The van der Waals surface area contributed by atoms with E-state index in [1.54, 1.807) is 18.3 Å². The molecular weight excluding hydrogens is 340 g/mol. The van der Waals surface area contributed by atoms with Gasteiger partial charge >= 0.3 is 0 Å². The molecule has 0 aliphatic carbocycles. The van der Waals surface area contributed by atoms with E-state index in [0.29, 0.717) is 28.2 Å². The lowest BCUT2D eigenvalue weighted by Gasteiger charge is -2.07. The van der Waals surface area contributed by atoms with Crippen molar-refractivity contribution < 1.29 is 4.84 Å². The Balaban J connectivity index is 1.89. The van der Waals surface area contributed by atoms with Gasteiger partial charge in [0.25, 0.3) is 0 Å². The lowest BCUT2D eigenvalue weighted by Crippen LogP contribution is -2.02. The van der Waals surface area contributed by atoms with Gasteiger partial charge in [-0.2, -0.15) is 4.98 Å². The maximum absolute atomic E-state index is 5.99. The molecule has 0 aliphatic heterocycles. The molecule has 8 heteroatoms. The molecule has 7 nitrogen and oxygen atoms in total. The largest absolute Gasteiger partial charge is 0.399 e. The standard InChI is InChI=1S/C17H15ClN6O/c1-11(24-25-2)15-8-12(6-7-19-15)16-20-10-21-17(23-16)22-14-5-3-4-13(18)9-14/h3-10H,1-2H3,(H,20,21,22,23). The van der Waals surface area contributed by atoms with Gasteiger partial charge in [-0.05, 0) is 37.3 Å². The minimum Gasteiger partial charge on any atom is -0.399 e. The number of rotatable bonds is 5. The number of aromatic nitrogens is 4. The quantitative estimate of drug-likeness (QED) is 0.555. The molecule has 25 heavy (non-hydrogen) atoms. The SMILES string of the molecule is CON=C(C)c1cc(-c2ncnc(Nc3cccc(Cl)c3)n2)ccn1. The average molecular weight is 355 g/mol. The Kier molecular flexibility index (Phi) is 5.15. The summed E-state index contributed by atoms with van der Waals surface area (Å²) in [6, 6.07) is 11.0. The van der Waals surface area contributed by atoms with Crippen molar-refractivity contribution in [3.05, 3.63) is 59.6 Å². The Morgan fingerprint density at radius 1 is 1.16 bits per heavy atom. The van der Waals surface area contributed by atoms with Crippen LogP contribution in [0.25, 0.3) is 11.4 Å². The molecule has 0 bridgehead atoms. The van der Waals surface area contributed by atoms with E-state index in [1.165, 1.54) is 13.4 Å². The van der Waals surface area contributed by atoms with Crippen molar-refractivity contribution in [2.45, 2.75) is 6.92 Å². The van der Waals surface area contributed by atoms with Crippen LogP contribution in [-0.2, 0) is 4.84 Å². The third-order valence-electron chi connectivity index (χ3n) is 3.27. The Hall–Kier alpha value is -3.06. The highest BCUT2D eigenvalue weighted by atomic mass is 35.5. The summed E-state index contributed by atoms with van der Waals surface area (Å²) in [6.07, 6.45) is 3.12. The van der Waals surface area contributed by atoms with E-state index in [0.717, 1.165) is 11.3 Å². The number of oxime groups is 1. The van der Waals surface area contributed by atoms with Gasteiger partial charge in [0.15, 0.2) is 5.82 Å². The Morgan fingerprint density at radius 3 is 2.84 bits per heavy atom. The lowest BCUT2D eigenvalue weighted by atomic mass is 10.2. The van der Waals surface area contributed by atoms with Crippen LogP contribution >= 0.6 is 11.6 Å². The first-order valence-electron chi connectivity index (χ1n) is 7.42. The molecule has 2 aromatic heterocycles. The van der Waals surface area contributed by atoms with Crippen LogP contribution in [0.15, 0.2) is 54.1 Å². The number of benzene rings is 1. The summed E-state index contributed by atoms with van der Waals surface area (Å²) in [5.41, 5.74) is 2.94. The number of pyridine rings is 1. The molecule has 0 fully saturated rings. The van der Waals surface area contributed by atoms with Gasteiger partial charge in [-0.1, -0.05) is 22.8 Å². The first-order valence-corrected chi connectivity index (χ1v) is 7.79. The molecule has 3 aromatic rings. The zero-order valence-corrected chi connectivity index (χ0v) is 14.4. The Bertz CT molecular complexity index is 915. The Labute approximate surface area is 149 Å². The molecule has 0 spiro atoms. The van der Waals surface area contributed by atoms with Gasteiger partial charge < -0.3 is 10.2 Å². The zero-order chi connectivity index (χ0) is 17.6. The number of nitrogens with zero attached hydrogens (tertiary/aromatic N) is 5. The number of halogens is 1. The second kappa shape index (κ2) is 7.67. The van der Waals surface area contributed by atoms with Crippen LogP contribution in [-0.4, -0.2) is 32.8 Å². The van der Waals surface area contributed by atoms with Gasteiger partial charge in [-0.3, -0.25) is 4.98 Å². The van der Waals surface area contributed by atoms with Gasteiger partial charge in [0.1, 0.15) is 19.1 Å². The number of nitrogens with one attached hydrogen (secondary N) is 1. The van der Waals surface area contributed by atoms with Crippen molar-refractivity contribution in [1.82, 2.24) is 19.9 Å². The molecule has 0 amide bonds. The molecule has 1 N–H and O–H groups in total. The number of anilines is 2. The molecule has 0 atom stereocenters. The summed E-state index contributed by atoms with van der Waals surface area (Å²) < 4.78 is 0. The van der Waals surface area contributed by atoms with E-state index in [-0.39, 0.29) is 0 Å². The van der Waals surface area contributed by atoms with Gasteiger partial charge in [0.05, 0.1) is 5.69 Å². The third kappa shape index (κ3) is 4.27. The minimum absolute atomic E-state index is 0.424. The summed E-state index contributed by atoms with van der Waals surface area (Å²) in [5, 5.41) is 7.62. The van der Waals surface area contributed by atoms with E-state index in [4.69, 9.17) is 16.4 Å². The number of hydrogen-bond donors (Lipinski definition) is 1. The van der Waals surface area contributed by atoms with Crippen molar-refractivity contribution in [3.63, 3.8) is 0 Å². The Morgan fingerprint density at radius 2 is 2.04 bits per heavy atom. The van der Waals surface area contributed by atoms with Crippen LogP contribution in [0.5, 0.6) is 0 Å². The molecule has 0 radical (unpaired) electrons. The summed E-state index contributed by atoms with van der Waals surface area (Å²) in [5.74, 6) is 0.946. The maximum Gasteiger partial charge on any atom is 0.230 e. The average Bonchev–Trinajstić information content (AvgIpc) is 2.62. The minimum atomic E-state index is 0.424. The van der Waals surface area contributed by atoms with Crippen molar-refractivity contribution in [3.8, 4) is 11.4 Å². The van der Waals surface area contributed by atoms with Gasteiger partial charge in [0, 0.05) is 22.5 Å². The predicted octanol–water partition coefficient (Wildman–Crippen LogP) is 3.70. The fourth-order valence-electron chi connectivity index (χ4n) is 2.14. The smallest absolute Gasteiger partial charge is 0.230 e. The van der Waals surface area contributed by atoms with E-state index >= 15 is 0 Å².